The van der Waals surface area contributed by atoms with Crippen molar-refractivity contribution in [2.75, 3.05) is 4.90 Å². The molecule has 8 nitrogen and oxygen atoms in total. The van der Waals surface area contributed by atoms with Crippen molar-refractivity contribution in [2.45, 2.75) is 6.04 Å². The second-order valence-electron chi connectivity index (χ2n) is 6.72. The van der Waals surface area contributed by atoms with Gasteiger partial charge in [-0.1, -0.05) is 42.5 Å². The average Bonchev–Trinajstić information content (AvgIpc) is 3.05. The van der Waals surface area contributed by atoms with Gasteiger partial charge in [0.25, 0.3) is 11.5 Å². The molecule has 1 N–H and O–H groups in total. The van der Waals surface area contributed by atoms with E-state index in [-0.39, 0.29) is 22.8 Å². The number of benzene rings is 2. The van der Waals surface area contributed by atoms with Gasteiger partial charge in [0.05, 0.1) is 16.5 Å². The second kappa shape index (κ2) is 8.11. The smallest absolute Gasteiger partial charge is 0.301 e. The summed E-state index contributed by atoms with van der Waals surface area (Å²) < 4.78 is 0.670. The Labute approximate surface area is 184 Å². The van der Waals surface area contributed by atoms with Gasteiger partial charge >= 0.3 is 5.91 Å². The molecule has 0 aliphatic carbocycles. The van der Waals surface area contributed by atoms with Crippen molar-refractivity contribution in [1.29, 1.82) is 0 Å². The van der Waals surface area contributed by atoms with Crippen LogP contribution < -0.4 is 4.90 Å². The van der Waals surface area contributed by atoms with Crippen LogP contribution in [0.1, 0.15) is 17.2 Å². The lowest BCUT2D eigenvalue weighted by Gasteiger charge is -2.24. The first kappa shape index (κ1) is 20.4. The number of carbonyl (C=O) groups is 2. The lowest BCUT2D eigenvalue weighted by atomic mass is 9.95. The Morgan fingerprint density at radius 3 is 2.45 bits per heavy atom. The summed E-state index contributed by atoms with van der Waals surface area (Å²) in [5.74, 6) is -1.98. The number of amides is 1. The molecule has 1 aliphatic rings. The quantitative estimate of drug-likeness (QED) is 0.195. The molecule has 1 fully saturated rings. The van der Waals surface area contributed by atoms with Crippen LogP contribution in [0.2, 0.25) is 0 Å². The minimum atomic E-state index is -1.09. The van der Waals surface area contributed by atoms with E-state index in [1.165, 1.54) is 24.4 Å². The van der Waals surface area contributed by atoms with Gasteiger partial charge in [0, 0.05) is 28.4 Å². The molecule has 1 aliphatic heterocycles. The van der Waals surface area contributed by atoms with Gasteiger partial charge in [-0.15, -0.1) is 0 Å². The first-order valence-electron chi connectivity index (χ1n) is 9.11. The van der Waals surface area contributed by atoms with E-state index >= 15 is 0 Å². The highest BCUT2D eigenvalue weighted by Gasteiger charge is 2.47. The molecule has 31 heavy (non-hydrogen) atoms. The minimum Gasteiger partial charge on any atom is -0.507 e. The molecule has 2 heterocycles. The summed E-state index contributed by atoms with van der Waals surface area (Å²) in [6, 6.07) is 16.0. The molecule has 1 unspecified atom stereocenters. The largest absolute Gasteiger partial charge is 0.507 e. The van der Waals surface area contributed by atoms with Crippen LogP contribution >= 0.6 is 15.9 Å². The summed E-state index contributed by atoms with van der Waals surface area (Å²) in [6.07, 6.45) is 1.47. The molecule has 1 atom stereocenters. The second-order valence-corrected chi connectivity index (χ2v) is 7.64. The van der Waals surface area contributed by atoms with Gasteiger partial charge in [0.2, 0.25) is 0 Å². The van der Waals surface area contributed by atoms with Crippen molar-refractivity contribution in [3.05, 3.63) is 104 Å². The monoisotopic (exact) mass is 479 g/mol. The maximum absolute atomic E-state index is 13.0. The summed E-state index contributed by atoms with van der Waals surface area (Å²) in [6.45, 7) is 0. The predicted octanol–water partition coefficient (Wildman–Crippen LogP) is 4.38. The molecular formula is C22H14BrN3O5. The molecule has 2 aromatic carbocycles. The number of ketones is 1. The molecule has 154 valence electrons. The Morgan fingerprint density at radius 1 is 1.06 bits per heavy atom. The number of hydrogen-bond donors (Lipinski definition) is 1. The average molecular weight is 480 g/mol. The van der Waals surface area contributed by atoms with E-state index < -0.39 is 22.7 Å². The van der Waals surface area contributed by atoms with E-state index in [2.05, 4.69) is 20.9 Å². The lowest BCUT2D eigenvalue weighted by molar-refractivity contribution is -0.384. The molecule has 3 aromatic rings. The molecule has 4 rings (SSSR count). The Balaban J connectivity index is 1.97. The number of pyridine rings is 1. The number of aliphatic hydroxyl groups excluding tert-OH is 1. The highest BCUT2D eigenvalue weighted by atomic mass is 79.9. The third-order valence-electron chi connectivity index (χ3n) is 4.85. The summed E-state index contributed by atoms with van der Waals surface area (Å²) in [4.78, 5) is 42.1. The summed E-state index contributed by atoms with van der Waals surface area (Å²) in [7, 11) is 0. The van der Waals surface area contributed by atoms with Crippen LogP contribution in [0.25, 0.3) is 5.76 Å². The fourth-order valence-electron chi connectivity index (χ4n) is 3.45. The van der Waals surface area contributed by atoms with Crippen LogP contribution in [0.4, 0.5) is 11.5 Å². The predicted molar refractivity (Wildman–Crippen MR) is 116 cm³/mol. The van der Waals surface area contributed by atoms with E-state index in [9.17, 15) is 24.8 Å². The normalized spacial score (nSPS) is 17.7. The van der Waals surface area contributed by atoms with Crippen LogP contribution in [-0.4, -0.2) is 26.7 Å². The fraction of sp³-hybridized carbons (Fsp3) is 0.0455. The summed E-state index contributed by atoms with van der Waals surface area (Å²) >= 11 is 3.28. The third kappa shape index (κ3) is 3.71. The van der Waals surface area contributed by atoms with E-state index in [1.54, 1.807) is 48.5 Å². The fourth-order valence-corrected chi connectivity index (χ4v) is 3.69. The maximum atomic E-state index is 13.0. The number of nitrogens with zero attached hydrogens (tertiary/aromatic N) is 3. The number of nitro groups is 1. The number of non-ortho nitro benzene ring substituents is 1. The van der Waals surface area contributed by atoms with Crippen LogP contribution in [0, 0.1) is 10.1 Å². The molecule has 1 amide bonds. The number of rotatable bonds is 4. The Morgan fingerprint density at radius 2 is 1.81 bits per heavy atom. The van der Waals surface area contributed by atoms with Crippen molar-refractivity contribution < 1.29 is 19.6 Å². The number of aliphatic hydroxyl groups is 1. The number of aromatic nitrogens is 1. The van der Waals surface area contributed by atoms with Crippen LogP contribution in [0.15, 0.2) is 83.0 Å². The highest BCUT2D eigenvalue weighted by Crippen LogP contribution is 2.42. The van der Waals surface area contributed by atoms with Crippen LogP contribution in [0.3, 0.4) is 0 Å². The SMILES string of the molecule is O=C1C(=O)N(c2ccc(Br)cn2)C(c2cccc([N+](=O)[O-])c2)/C1=C(\O)c1ccccc1. The number of Topliss-reactive ketones (excluding diaryl/α,β-unsaturated/α-hetero) is 1. The Bertz CT molecular complexity index is 1230. The van der Waals surface area contributed by atoms with E-state index in [1.807, 2.05) is 0 Å². The summed E-state index contributed by atoms with van der Waals surface area (Å²) in [5.41, 5.74) is 0.281. The number of nitro benzene ring substituents is 1. The molecule has 1 saturated heterocycles. The summed E-state index contributed by atoms with van der Waals surface area (Å²) in [5, 5.41) is 22.2. The lowest BCUT2D eigenvalue weighted by Crippen LogP contribution is -2.30. The molecule has 0 spiro atoms. The maximum Gasteiger partial charge on any atom is 0.301 e. The number of halogens is 1. The third-order valence-corrected chi connectivity index (χ3v) is 5.32. The molecule has 0 bridgehead atoms. The van der Waals surface area contributed by atoms with Crippen molar-refractivity contribution >= 4 is 44.9 Å². The first-order chi connectivity index (χ1) is 14.9. The molecule has 0 radical (unpaired) electrons. The van der Waals surface area contributed by atoms with Gasteiger partial charge in [-0.25, -0.2) is 4.98 Å². The zero-order chi connectivity index (χ0) is 22.1. The molecule has 1 aromatic heterocycles. The van der Waals surface area contributed by atoms with Crippen molar-refractivity contribution in [2.24, 2.45) is 0 Å². The standard InChI is InChI=1S/C22H14BrN3O5/c23-15-9-10-17(24-12-15)25-19(14-7-4-8-16(11-14)26(30)31)18(21(28)22(25)29)20(27)13-5-2-1-3-6-13/h1-12,19,27H/b20-18+. The van der Waals surface area contributed by atoms with Gasteiger partial charge < -0.3 is 5.11 Å². The molecule has 9 heteroatoms. The topological polar surface area (TPSA) is 114 Å². The zero-order valence-electron chi connectivity index (χ0n) is 15.8. The van der Waals surface area contributed by atoms with Crippen molar-refractivity contribution in [1.82, 2.24) is 4.98 Å². The van der Waals surface area contributed by atoms with E-state index in [4.69, 9.17) is 0 Å². The van der Waals surface area contributed by atoms with Gasteiger partial charge in [-0.05, 0) is 33.6 Å². The van der Waals surface area contributed by atoms with Crippen LogP contribution in [-0.2, 0) is 9.59 Å². The van der Waals surface area contributed by atoms with Crippen molar-refractivity contribution in [3.8, 4) is 0 Å². The van der Waals surface area contributed by atoms with Gasteiger partial charge in [-0.2, -0.15) is 0 Å². The number of anilines is 1. The Kier molecular flexibility index (Phi) is 5.35. The number of carbonyl (C=O) groups excluding carboxylic acids is 2. The number of hydrogen-bond acceptors (Lipinski definition) is 6. The van der Waals surface area contributed by atoms with Crippen molar-refractivity contribution in [3.63, 3.8) is 0 Å². The van der Waals surface area contributed by atoms with Crippen LogP contribution in [0.5, 0.6) is 0 Å². The van der Waals surface area contributed by atoms with Gasteiger partial charge in [0.15, 0.2) is 0 Å². The Hall–Kier alpha value is -3.85. The van der Waals surface area contributed by atoms with Gasteiger partial charge in [0.1, 0.15) is 11.6 Å². The van der Waals surface area contributed by atoms with E-state index in [0.29, 0.717) is 15.6 Å². The molecule has 0 saturated carbocycles. The van der Waals surface area contributed by atoms with E-state index in [0.717, 1.165) is 4.90 Å². The molecular weight excluding hydrogens is 466 g/mol. The zero-order valence-corrected chi connectivity index (χ0v) is 17.4. The highest BCUT2D eigenvalue weighted by molar-refractivity contribution is 9.10. The van der Waals surface area contributed by atoms with Gasteiger partial charge in [-0.3, -0.25) is 24.6 Å². The first-order valence-corrected chi connectivity index (χ1v) is 9.90. The minimum absolute atomic E-state index is 0.165.